The van der Waals surface area contributed by atoms with Gasteiger partial charge in [-0.1, -0.05) is 11.6 Å². The first-order chi connectivity index (χ1) is 11.2. The molecule has 0 heterocycles. The Labute approximate surface area is 147 Å². The van der Waals surface area contributed by atoms with Crippen LogP contribution in [0.25, 0.3) is 0 Å². The minimum atomic E-state index is -0.557. The molecule has 0 atom stereocenters. The summed E-state index contributed by atoms with van der Waals surface area (Å²) in [5, 5.41) is 0.546. The quantitative estimate of drug-likeness (QED) is 0.530. The lowest BCUT2D eigenvalue weighted by Gasteiger charge is -2.30. The van der Waals surface area contributed by atoms with Crippen LogP contribution in [-0.4, -0.2) is 41.3 Å². The Morgan fingerprint density at radius 3 is 2.04 bits per heavy atom. The predicted molar refractivity (Wildman–Crippen MR) is 93.1 cm³/mol. The summed E-state index contributed by atoms with van der Waals surface area (Å²) in [4.78, 5) is 37.4. The van der Waals surface area contributed by atoms with Gasteiger partial charge in [0.25, 0.3) is 5.91 Å². The van der Waals surface area contributed by atoms with E-state index in [1.807, 2.05) is 27.7 Å². The van der Waals surface area contributed by atoms with Crippen molar-refractivity contribution in [1.29, 1.82) is 0 Å². The monoisotopic (exact) mass is 353 g/mol. The van der Waals surface area contributed by atoms with Gasteiger partial charge < -0.3 is 9.64 Å². The van der Waals surface area contributed by atoms with Crippen LogP contribution in [0.2, 0.25) is 5.02 Å². The molecule has 0 spiro atoms. The van der Waals surface area contributed by atoms with E-state index in [9.17, 15) is 14.4 Å². The Hall–Kier alpha value is -1.88. The molecule has 0 unspecified atom stereocenters. The zero-order valence-corrected chi connectivity index (χ0v) is 15.3. The lowest BCUT2D eigenvalue weighted by molar-refractivity contribution is -0.153. The molecule has 6 heteroatoms. The average molecular weight is 354 g/mol. The number of esters is 1. The fourth-order valence-electron chi connectivity index (χ4n) is 2.46. The summed E-state index contributed by atoms with van der Waals surface area (Å²) in [5.41, 5.74) is 0.495. The first-order valence-electron chi connectivity index (χ1n) is 7.98. The maximum Gasteiger partial charge on any atom is 0.306 e. The van der Waals surface area contributed by atoms with Crippen molar-refractivity contribution in [3.05, 3.63) is 34.9 Å². The fraction of sp³-hybridized carbons (Fsp3) is 0.500. The molecule has 132 valence electrons. The van der Waals surface area contributed by atoms with Crippen molar-refractivity contribution in [2.45, 2.75) is 52.6 Å². The van der Waals surface area contributed by atoms with Crippen molar-refractivity contribution in [3.63, 3.8) is 0 Å². The summed E-state index contributed by atoms with van der Waals surface area (Å²) in [7, 11) is 0. The highest BCUT2D eigenvalue weighted by molar-refractivity contribution is 6.30. The van der Waals surface area contributed by atoms with Crippen LogP contribution in [0.15, 0.2) is 24.3 Å². The number of halogens is 1. The van der Waals surface area contributed by atoms with E-state index in [0.29, 0.717) is 10.6 Å². The molecule has 0 fully saturated rings. The molecule has 1 aromatic rings. The summed E-state index contributed by atoms with van der Waals surface area (Å²) in [6.07, 6.45) is -0.0230. The molecule has 0 saturated carbocycles. The van der Waals surface area contributed by atoms with Crippen molar-refractivity contribution in [1.82, 2.24) is 4.90 Å². The summed E-state index contributed by atoms with van der Waals surface area (Å²) >= 11 is 5.76. The van der Waals surface area contributed by atoms with Crippen LogP contribution in [0.5, 0.6) is 0 Å². The Kier molecular flexibility index (Phi) is 7.92. The highest BCUT2D eigenvalue weighted by Crippen LogP contribution is 2.12. The number of ketones is 1. The van der Waals surface area contributed by atoms with Crippen molar-refractivity contribution < 1.29 is 19.1 Å². The third-order valence-corrected chi connectivity index (χ3v) is 3.73. The molecule has 0 bridgehead atoms. The summed E-state index contributed by atoms with van der Waals surface area (Å²) in [6, 6.07) is 6.53. The van der Waals surface area contributed by atoms with Crippen LogP contribution in [0.4, 0.5) is 0 Å². The van der Waals surface area contributed by atoms with Gasteiger partial charge in [0.15, 0.2) is 12.4 Å². The van der Waals surface area contributed by atoms with Gasteiger partial charge in [-0.3, -0.25) is 14.4 Å². The predicted octanol–water partition coefficient (Wildman–Crippen LogP) is 3.49. The molecule has 0 aromatic heterocycles. The number of benzene rings is 1. The summed E-state index contributed by atoms with van der Waals surface area (Å²) in [5.74, 6) is -0.962. The third kappa shape index (κ3) is 6.32. The minimum Gasteiger partial charge on any atom is -0.456 e. The smallest absolute Gasteiger partial charge is 0.306 e. The topological polar surface area (TPSA) is 63.7 Å². The minimum absolute atomic E-state index is 0.0303. The number of carbonyl (C=O) groups is 3. The number of Topliss-reactive ketones (excluding diaryl/α,β-unsaturated/α-hetero) is 1. The molecule has 0 aliphatic carbocycles. The van der Waals surface area contributed by atoms with Crippen LogP contribution < -0.4 is 0 Å². The molecule has 1 amide bonds. The van der Waals surface area contributed by atoms with Gasteiger partial charge >= 0.3 is 5.97 Å². The van der Waals surface area contributed by atoms with Crippen LogP contribution in [0.3, 0.4) is 0 Å². The summed E-state index contributed by atoms with van der Waals surface area (Å²) in [6.45, 7) is 7.33. The van der Waals surface area contributed by atoms with Gasteiger partial charge in [0.2, 0.25) is 0 Å². The SMILES string of the molecule is CC(C)N(C(=O)COC(=O)CCC(=O)c1ccc(Cl)cc1)C(C)C. The number of amides is 1. The number of carbonyl (C=O) groups excluding carboxylic acids is 3. The highest BCUT2D eigenvalue weighted by Gasteiger charge is 2.21. The van der Waals surface area contributed by atoms with E-state index in [2.05, 4.69) is 0 Å². The van der Waals surface area contributed by atoms with Gasteiger partial charge in [-0.25, -0.2) is 0 Å². The number of hydrogen-bond acceptors (Lipinski definition) is 4. The molecule has 0 radical (unpaired) electrons. The van der Waals surface area contributed by atoms with Gasteiger partial charge in [0.1, 0.15) is 0 Å². The molecule has 0 saturated heterocycles. The van der Waals surface area contributed by atoms with E-state index >= 15 is 0 Å². The Morgan fingerprint density at radius 1 is 1.00 bits per heavy atom. The van der Waals surface area contributed by atoms with E-state index in [0.717, 1.165) is 0 Å². The van der Waals surface area contributed by atoms with Crippen molar-refractivity contribution in [3.8, 4) is 0 Å². The molecule has 1 rings (SSSR count). The zero-order chi connectivity index (χ0) is 18.3. The third-order valence-electron chi connectivity index (χ3n) is 3.48. The van der Waals surface area contributed by atoms with Gasteiger partial charge in [-0.05, 0) is 52.0 Å². The fourth-order valence-corrected chi connectivity index (χ4v) is 2.58. The van der Waals surface area contributed by atoms with E-state index < -0.39 is 5.97 Å². The second-order valence-electron chi connectivity index (χ2n) is 6.08. The van der Waals surface area contributed by atoms with E-state index in [1.54, 1.807) is 29.2 Å². The number of hydrogen-bond donors (Lipinski definition) is 0. The lowest BCUT2D eigenvalue weighted by Crippen LogP contribution is -2.44. The molecule has 0 aliphatic rings. The van der Waals surface area contributed by atoms with Crippen LogP contribution in [-0.2, 0) is 14.3 Å². The molecular formula is C18H24ClNO4. The van der Waals surface area contributed by atoms with Crippen LogP contribution >= 0.6 is 11.6 Å². The molecule has 0 N–H and O–H groups in total. The number of nitrogens with zero attached hydrogens (tertiary/aromatic N) is 1. The number of ether oxygens (including phenoxy) is 1. The van der Waals surface area contributed by atoms with Crippen molar-refractivity contribution in [2.75, 3.05) is 6.61 Å². The first kappa shape index (κ1) is 20.2. The lowest BCUT2D eigenvalue weighted by atomic mass is 10.1. The Morgan fingerprint density at radius 2 is 1.54 bits per heavy atom. The zero-order valence-electron chi connectivity index (χ0n) is 14.5. The van der Waals surface area contributed by atoms with Crippen LogP contribution in [0.1, 0.15) is 50.9 Å². The van der Waals surface area contributed by atoms with Gasteiger partial charge in [-0.15, -0.1) is 0 Å². The van der Waals surface area contributed by atoms with Gasteiger partial charge in [0, 0.05) is 29.1 Å². The maximum atomic E-state index is 12.1. The average Bonchev–Trinajstić information content (AvgIpc) is 2.50. The Balaban J connectivity index is 2.42. The van der Waals surface area contributed by atoms with E-state index in [1.165, 1.54) is 0 Å². The maximum absolute atomic E-state index is 12.1. The first-order valence-corrected chi connectivity index (χ1v) is 8.35. The van der Waals surface area contributed by atoms with E-state index in [4.69, 9.17) is 16.3 Å². The van der Waals surface area contributed by atoms with Crippen molar-refractivity contribution >= 4 is 29.3 Å². The molecule has 24 heavy (non-hydrogen) atoms. The second kappa shape index (κ2) is 9.42. The Bertz CT molecular complexity index is 573. The highest BCUT2D eigenvalue weighted by atomic mass is 35.5. The van der Waals surface area contributed by atoms with Crippen LogP contribution in [0, 0.1) is 0 Å². The normalized spacial score (nSPS) is 10.8. The molecule has 5 nitrogen and oxygen atoms in total. The number of rotatable bonds is 8. The second-order valence-corrected chi connectivity index (χ2v) is 6.52. The molecule has 1 aromatic carbocycles. The standard InChI is InChI=1S/C18H24ClNO4/c1-12(2)20(13(3)4)17(22)11-24-18(23)10-9-16(21)14-5-7-15(19)8-6-14/h5-8,12-13H,9-11H2,1-4H3. The van der Waals surface area contributed by atoms with Gasteiger partial charge in [0.05, 0.1) is 6.42 Å². The van der Waals surface area contributed by atoms with Gasteiger partial charge in [-0.2, -0.15) is 0 Å². The van der Waals surface area contributed by atoms with E-state index in [-0.39, 0.29) is 43.2 Å². The molecular weight excluding hydrogens is 330 g/mol. The largest absolute Gasteiger partial charge is 0.456 e. The molecule has 0 aliphatic heterocycles. The van der Waals surface area contributed by atoms with Crippen molar-refractivity contribution in [2.24, 2.45) is 0 Å². The summed E-state index contributed by atoms with van der Waals surface area (Å²) < 4.78 is 4.99.